The number of methoxy groups -OCH3 is 1. The van der Waals surface area contributed by atoms with Gasteiger partial charge in [0.15, 0.2) is 5.75 Å². The molecule has 0 spiro atoms. The first-order chi connectivity index (χ1) is 7.98. The van der Waals surface area contributed by atoms with Crippen molar-refractivity contribution in [3.63, 3.8) is 0 Å². The Morgan fingerprint density at radius 3 is 2.65 bits per heavy atom. The number of hydrogen-bond acceptors (Lipinski definition) is 5. The van der Waals surface area contributed by atoms with Crippen LogP contribution in [0.25, 0.3) is 0 Å². The van der Waals surface area contributed by atoms with E-state index in [-0.39, 0.29) is 12.0 Å². The molecule has 0 heterocycles. The third-order valence-electron chi connectivity index (χ3n) is 3.08. The van der Waals surface area contributed by atoms with Gasteiger partial charge >= 0.3 is 5.97 Å². The highest BCUT2D eigenvalue weighted by Gasteiger charge is 2.28. The van der Waals surface area contributed by atoms with Crippen molar-refractivity contribution in [2.75, 3.05) is 19.4 Å². The minimum atomic E-state index is -3.62. The Balaban J connectivity index is 2.59. The summed E-state index contributed by atoms with van der Waals surface area (Å²) in [7, 11) is -2.45. The predicted molar refractivity (Wildman–Crippen MR) is 63.7 cm³/mol. The maximum absolute atomic E-state index is 11.7. The molecule has 2 unspecified atom stereocenters. The molecule has 0 aromatic carbocycles. The molecule has 3 N–H and O–H groups in total. The van der Waals surface area contributed by atoms with Crippen LogP contribution in [0, 0.1) is 5.92 Å². The van der Waals surface area contributed by atoms with Crippen LogP contribution < -0.4 is 10.5 Å². The highest BCUT2D eigenvalue weighted by Crippen LogP contribution is 2.24. The lowest BCUT2D eigenvalue weighted by Crippen LogP contribution is -2.46. The van der Waals surface area contributed by atoms with Crippen LogP contribution in [-0.4, -0.2) is 39.8 Å². The number of esters is 1. The lowest BCUT2D eigenvalue weighted by molar-refractivity contribution is -0.137. The number of sulfonamides is 1. The first kappa shape index (κ1) is 14.4. The second kappa shape index (κ2) is 6.32. The quantitative estimate of drug-likeness (QED) is 0.658. The fraction of sp³-hybridized carbons (Fsp3) is 0.900. The minimum absolute atomic E-state index is 0.150. The van der Waals surface area contributed by atoms with Gasteiger partial charge in [-0.15, -0.1) is 0 Å². The molecule has 0 bridgehead atoms. The molecule has 100 valence electrons. The van der Waals surface area contributed by atoms with E-state index in [0.29, 0.717) is 6.54 Å². The van der Waals surface area contributed by atoms with Crippen LogP contribution in [0.5, 0.6) is 0 Å². The van der Waals surface area contributed by atoms with Gasteiger partial charge in [0.05, 0.1) is 7.11 Å². The van der Waals surface area contributed by atoms with Crippen molar-refractivity contribution < 1.29 is 17.9 Å². The van der Waals surface area contributed by atoms with Gasteiger partial charge in [0.2, 0.25) is 10.0 Å². The SMILES string of the molecule is COC(=O)CS(=O)(=O)NC1CCCCC1CN. The molecule has 6 nitrogen and oxygen atoms in total. The number of carbonyl (C=O) groups is 1. The fourth-order valence-corrected chi connectivity index (χ4v) is 3.41. The molecule has 1 saturated carbocycles. The average molecular weight is 264 g/mol. The molecule has 1 aliphatic rings. The van der Waals surface area contributed by atoms with Crippen LogP contribution in [0.4, 0.5) is 0 Å². The van der Waals surface area contributed by atoms with Crippen LogP contribution in [0.3, 0.4) is 0 Å². The van der Waals surface area contributed by atoms with Crippen LogP contribution in [0.2, 0.25) is 0 Å². The van der Waals surface area contributed by atoms with E-state index in [1.807, 2.05) is 0 Å². The molecular formula is C10H20N2O4S. The monoisotopic (exact) mass is 264 g/mol. The van der Waals surface area contributed by atoms with Crippen molar-refractivity contribution in [3.05, 3.63) is 0 Å². The van der Waals surface area contributed by atoms with Crippen molar-refractivity contribution in [1.29, 1.82) is 0 Å². The van der Waals surface area contributed by atoms with Gasteiger partial charge in [-0.3, -0.25) is 4.79 Å². The first-order valence-corrected chi connectivity index (χ1v) is 7.40. The standard InChI is InChI=1S/C10H20N2O4S/c1-16-10(13)7-17(14,15)12-9-5-3-2-4-8(9)6-11/h8-9,12H,2-7,11H2,1H3. The normalized spacial score (nSPS) is 25.5. The van der Waals surface area contributed by atoms with Gasteiger partial charge < -0.3 is 10.5 Å². The van der Waals surface area contributed by atoms with E-state index < -0.39 is 21.7 Å². The smallest absolute Gasteiger partial charge is 0.322 e. The van der Waals surface area contributed by atoms with Gasteiger partial charge in [-0.1, -0.05) is 12.8 Å². The van der Waals surface area contributed by atoms with E-state index in [1.54, 1.807) is 0 Å². The topological polar surface area (TPSA) is 98.5 Å². The molecule has 17 heavy (non-hydrogen) atoms. The van der Waals surface area contributed by atoms with Crippen molar-refractivity contribution in [3.8, 4) is 0 Å². The molecule has 0 aliphatic heterocycles. The minimum Gasteiger partial charge on any atom is -0.468 e. The van der Waals surface area contributed by atoms with Crippen molar-refractivity contribution >= 4 is 16.0 Å². The van der Waals surface area contributed by atoms with Gasteiger partial charge in [0, 0.05) is 6.04 Å². The summed E-state index contributed by atoms with van der Waals surface area (Å²) in [6.45, 7) is 0.464. The summed E-state index contributed by atoms with van der Waals surface area (Å²) in [5.41, 5.74) is 5.61. The zero-order valence-corrected chi connectivity index (χ0v) is 10.8. The van der Waals surface area contributed by atoms with Crippen LogP contribution in [0.1, 0.15) is 25.7 Å². The van der Waals surface area contributed by atoms with Gasteiger partial charge in [-0.25, -0.2) is 13.1 Å². The summed E-state index contributed by atoms with van der Waals surface area (Å²) < 4.78 is 30.3. The molecular weight excluding hydrogens is 244 g/mol. The zero-order valence-electron chi connectivity index (χ0n) is 10.0. The van der Waals surface area contributed by atoms with E-state index in [1.165, 1.54) is 7.11 Å². The Labute approximate surface area is 102 Å². The second-order valence-electron chi connectivity index (χ2n) is 4.34. The Morgan fingerprint density at radius 2 is 2.06 bits per heavy atom. The molecule has 1 rings (SSSR count). The molecule has 0 aromatic rings. The maximum atomic E-state index is 11.7. The van der Waals surface area contributed by atoms with Crippen LogP contribution in [0.15, 0.2) is 0 Å². The average Bonchev–Trinajstić information content (AvgIpc) is 2.28. The maximum Gasteiger partial charge on any atom is 0.322 e. The summed E-state index contributed by atoms with van der Waals surface area (Å²) in [4.78, 5) is 11.0. The number of rotatable bonds is 5. The fourth-order valence-electron chi connectivity index (χ4n) is 2.13. The van der Waals surface area contributed by atoms with Gasteiger partial charge in [0.1, 0.15) is 0 Å². The number of ether oxygens (including phenoxy) is 1. The van der Waals surface area contributed by atoms with Crippen molar-refractivity contribution in [1.82, 2.24) is 4.72 Å². The largest absolute Gasteiger partial charge is 0.468 e. The molecule has 1 fully saturated rings. The second-order valence-corrected chi connectivity index (χ2v) is 6.09. The Bertz CT molecular complexity index is 355. The number of hydrogen-bond donors (Lipinski definition) is 2. The molecule has 0 aromatic heterocycles. The van der Waals surface area contributed by atoms with E-state index in [4.69, 9.17) is 5.73 Å². The molecule has 0 amide bonds. The number of carbonyl (C=O) groups excluding carboxylic acids is 1. The number of nitrogens with two attached hydrogens (primary N) is 1. The lowest BCUT2D eigenvalue weighted by Gasteiger charge is -2.30. The molecule has 0 radical (unpaired) electrons. The summed E-state index contributed by atoms with van der Waals surface area (Å²) in [6, 6.07) is -0.150. The third-order valence-corrected chi connectivity index (χ3v) is 4.36. The van der Waals surface area contributed by atoms with E-state index in [0.717, 1.165) is 25.7 Å². The zero-order chi connectivity index (χ0) is 12.9. The highest BCUT2D eigenvalue weighted by molar-refractivity contribution is 7.90. The molecule has 7 heteroatoms. The predicted octanol–water partition coefficient (Wildman–Crippen LogP) is -0.404. The van der Waals surface area contributed by atoms with Gasteiger partial charge in [-0.05, 0) is 25.3 Å². The summed E-state index contributed by atoms with van der Waals surface area (Å²) >= 11 is 0. The van der Waals surface area contributed by atoms with Gasteiger partial charge in [-0.2, -0.15) is 0 Å². The summed E-state index contributed by atoms with van der Waals surface area (Å²) in [5.74, 6) is -1.22. The van der Waals surface area contributed by atoms with Crippen molar-refractivity contribution in [2.45, 2.75) is 31.7 Å². The van der Waals surface area contributed by atoms with E-state index >= 15 is 0 Å². The van der Waals surface area contributed by atoms with Crippen molar-refractivity contribution in [2.24, 2.45) is 11.7 Å². The molecule has 2 atom stereocenters. The summed E-state index contributed by atoms with van der Waals surface area (Å²) in [6.07, 6.45) is 3.78. The van der Waals surface area contributed by atoms with Gasteiger partial charge in [0.25, 0.3) is 0 Å². The Hall–Kier alpha value is -0.660. The first-order valence-electron chi connectivity index (χ1n) is 5.75. The molecule has 0 saturated heterocycles. The highest BCUT2D eigenvalue weighted by atomic mass is 32.2. The third kappa shape index (κ3) is 4.61. The van der Waals surface area contributed by atoms with E-state index in [2.05, 4.69) is 9.46 Å². The number of nitrogens with one attached hydrogen (secondary N) is 1. The summed E-state index contributed by atoms with van der Waals surface area (Å²) in [5, 5.41) is 0. The molecule has 1 aliphatic carbocycles. The van der Waals surface area contributed by atoms with E-state index in [9.17, 15) is 13.2 Å². The Kier molecular flexibility index (Phi) is 5.35. The van der Waals surface area contributed by atoms with Crippen LogP contribution >= 0.6 is 0 Å². The lowest BCUT2D eigenvalue weighted by atomic mass is 9.85. The van der Waals surface area contributed by atoms with Crippen LogP contribution in [-0.2, 0) is 19.6 Å². The Morgan fingerprint density at radius 1 is 1.41 bits per heavy atom.